The summed E-state index contributed by atoms with van der Waals surface area (Å²) in [6.07, 6.45) is 12.6. The highest BCUT2D eigenvalue weighted by Crippen LogP contribution is 2.12. The van der Waals surface area contributed by atoms with Gasteiger partial charge in [0.15, 0.2) is 0 Å². The van der Waals surface area contributed by atoms with Gasteiger partial charge in [-0.25, -0.2) is 0 Å². The third-order valence-corrected chi connectivity index (χ3v) is 3.69. The molecule has 1 rings (SSSR count). The average molecular weight is 274 g/mol. The first kappa shape index (κ1) is 16.1. The molecule has 0 fully saturated rings. The van der Waals surface area contributed by atoms with Crippen LogP contribution >= 0.6 is 12.6 Å². The van der Waals surface area contributed by atoms with Crippen LogP contribution in [0.15, 0.2) is 42.0 Å². The zero-order chi connectivity index (χ0) is 13.9. The number of aryl methyl sites for hydroxylation is 1. The summed E-state index contributed by atoms with van der Waals surface area (Å²) in [4.78, 5) is 0. The van der Waals surface area contributed by atoms with E-state index < -0.39 is 0 Å². The van der Waals surface area contributed by atoms with Crippen LogP contribution in [0.3, 0.4) is 0 Å². The Balaban J connectivity index is 2.38. The van der Waals surface area contributed by atoms with Crippen molar-refractivity contribution < 1.29 is 0 Å². The Morgan fingerprint density at radius 1 is 1.16 bits per heavy atom. The largest absolute Gasteiger partial charge is 0.179 e. The average Bonchev–Trinajstić information content (AvgIpc) is 2.45. The van der Waals surface area contributed by atoms with E-state index in [4.69, 9.17) is 0 Å². The lowest BCUT2D eigenvalue weighted by Crippen LogP contribution is -1.86. The molecule has 19 heavy (non-hydrogen) atoms. The molecule has 0 atom stereocenters. The maximum atomic E-state index is 4.22. The van der Waals surface area contributed by atoms with Crippen molar-refractivity contribution in [1.82, 2.24) is 0 Å². The molecule has 0 aliphatic rings. The van der Waals surface area contributed by atoms with E-state index in [-0.39, 0.29) is 0 Å². The van der Waals surface area contributed by atoms with Gasteiger partial charge in [0.2, 0.25) is 0 Å². The Kier molecular flexibility index (Phi) is 8.40. The summed E-state index contributed by atoms with van der Waals surface area (Å²) < 4.78 is 0. The van der Waals surface area contributed by atoms with Crippen LogP contribution in [-0.2, 0) is 6.42 Å². The van der Waals surface area contributed by atoms with E-state index in [1.54, 1.807) is 0 Å². The second kappa shape index (κ2) is 9.91. The SMILES string of the molecule is C/C=C(/C)CCc1ccc(C=CCCCCS)cc1. The highest BCUT2D eigenvalue weighted by atomic mass is 32.1. The van der Waals surface area contributed by atoms with E-state index in [9.17, 15) is 0 Å². The van der Waals surface area contributed by atoms with Gasteiger partial charge in [-0.1, -0.05) is 48.1 Å². The van der Waals surface area contributed by atoms with Crippen molar-refractivity contribution in [3.8, 4) is 0 Å². The van der Waals surface area contributed by atoms with E-state index in [1.165, 1.54) is 29.5 Å². The number of hydrogen-bond donors (Lipinski definition) is 1. The zero-order valence-electron chi connectivity index (χ0n) is 12.2. The highest BCUT2D eigenvalue weighted by molar-refractivity contribution is 7.80. The highest BCUT2D eigenvalue weighted by Gasteiger charge is 1.94. The molecule has 0 aliphatic heterocycles. The second-order valence-corrected chi connectivity index (χ2v) is 5.45. The summed E-state index contributed by atoms with van der Waals surface area (Å²) in [6, 6.07) is 8.93. The molecule has 1 heteroatoms. The van der Waals surface area contributed by atoms with Crippen LogP contribution in [0.2, 0.25) is 0 Å². The number of hydrogen-bond acceptors (Lipinski definition) is 1. The fourth-order valence-electron chi connectivity index (χ4n) is 1.87. The first-order valence-electron chi connectivity index (χ1n) is 7.24. The quantitative estimate of drug-likeness (QED) is 0.351. The number of rotatable bonds is 8. The molecule has 0 nitrogen and oxygen atoms in total. The predicted octanol–water partition coefficient (Wildman–Crippen LogP) is 5.70. The van der Waals surface area contributed by atoms with Gasteiger partial charge in [-0.3, -0.25) is 0 Å². The zero-order valence-corrected chi connectivity index (χ0v) is 13.1. The molecule has 0 saturated heterocycles. The molecule has 0 aliphatic carbocycles. The van der Waals surface area contributed by atoms with Gasteiger partial charge in [-0.15, -0.1) is 0 Å². The Morgan fingerprint density at radius 3 is 2.53 bits per heavy atom. The third kappa shape index (κ3) is 7.27. The van der Waals surface area contributed by atoms with E-state index in [1.807, 2.05) is 0 Å². The molecule has 0 unspecified atom stereocenters. The van der Waals surface area contributed by atoms with Gasteiger partial charge in [0, 0.05) is 0 Å². The molecule has 0 spiro atoms. The molecule has 0 aromatic heterocycles. The number of benzene rings is 1. The number of unbranched alkanes of at least 4 members (excludes halogenated alkanes) is 2. The summed E-state index contributed by atoms with van der Waals surface area (Å²) in [5.74, 6) is 0.994. The van der Waals surface area contributed by atoms with Gasteiger partial charge in [0.05, 0.1) is 0 Å². The van der Waals surface area contributed by atoms with Gasteiger partial charge in [0.25, 0.3) is 0 Å². The Labute approximate surface area is 124 Å². The fourth-order valence-corrected chi connectivity index (χ4v) is 2.10. The normalized spacial score (nSPS) is 12.3. The molecule has 0 saturated carbocycles. The first-order valence-corrected chi connectivity index (χ1v) is 7.87. The molecule has 0 amide bonds. The molecule has 0 heterocycles. The lowest BCUT2D eigenvalue weighted by molar-refractivity contribution is 0.826. The lowest BCUT2D eigenvalue weighted by Gasteiger charge is -2.02. The number of allylic oxidation sites excluding steroid dienone is 3. The van der Waals surface area contributed by atoms with Crippen LogP contribution in [0.4, 0.5) is 0 Å². The van der Waals surface area contributed by atoms with Crippen molar-refractivity contribution in [2.24, 2.45) is 0 Å². The van der Waals surface area contributed by atoms with Crippen molar-refractivity contribution in [2.45, 2.75) is 46.0 Å². The van der Waals surface area contributed by atoms with Crippen molar-refractivity contribution >= 4 is 18.7 Å². The molecule has 0 radical (unpaired) electrons. The molecule has 1 aromatic rings. The van der Waals surface area contributed by atoms with Crippen LogP contribution < -0.4 is 0 Å². The maximum Gasteiger partial charge on any atom is -0.00978 e. The summed E-state index contributed by atoms with van der Waals surface area (Å²) in [7, 11) is 0. The van der Waals surface area contributed by atoms with E-state index in [0.717, 1.165) is 25.0 Å². The molecular weight excluding hydrogens is 248 g/mol. The standard InChI is InChI=1S/C18H26S/c1-3-16(2)9-10-18-13-11-17(12-14-18)8-6-4-5-7-15-19/h3,6,8,11-14,19H,4-5,7,9-10,15H2,1-2H3/b8-6?,16-3-. The van der Waals surface area contributed by atoms with Crippen molar-refractivity contribution in [1.29, 1.82) is 0 Å². The minimum atomic E-state index is 0.994. The van der Waals surface area contributed by atoms with Crippen LogP contribution in [0.5, 0.6) is 0 Å². The minimum absolute atomic E-state index is 0.994. The third-order valence-electron chi connectivity index (χ3n) is 3.37. The Hall–Kier alpha value is -0.950. The van der Waals surface area contributed by atoms with E-state index >= 15 is 0 Å². The summed E-state index contributed by atoms with van der Waals surface area (Å²) in [6.45, 7) is 4.30. The Bertz CT molecular complexity index is 398. The first-order chi connectivity index (χ1) is 9.26. The van der Waals surface area contributed by atoms with Crippen molar-refractivity contribution in [3.63, 3.8) is 0 Å². The van der Waals surface area contributed by atoms with Gasteiger partial charge < -0.3 is 0 Å². The summed E-state index contributed by atoms with van der Waals surface area (Å²) >= 11 is 4.22. The van der Waals surface area contributed by atoms with Crippen LogP contribution in [-0.4, -0.2) is 5.75 Å². The van der Waals surface area contributed by atoms with Crippen molar-refractivity contribution in [3.05, 3.63) is 53.1 Å². The topological polar surface area (TPSA) is 0 Å². The molecule has 1 aromatic carbocycles. The molecular formula is C18H26S. The number of thiol groups is 1. The van der Waals surface area contributed by atoms with E-state index in [2.05, 4.69) is 69.0 Å². The van der Waals surface area contributed by atoms with Gasteiger partial charge >= 0.3 is 0 Å². The monoisotopic (exact) mass is 274 g/mol. The predicted molar refractivity (Wildman–Crippen MR) is 90.9 cm³/mol. The van der Waals surface area contributed by atoms with Crippen LogP contribution in [0.1, 0.15) is 50.7 Å². The van der Waals surface area contributed by atoms with Crippen LogP contribution in [0.25, 0.3) is 6.08 Å². The Morgan fingerprint density at radius 2 is 1.89 bits per heavy atom. The maximum absolute atomic E-state index is 4.22. The van der Waals surface area contributed by atoms with Crippen LogP contribution in [0, 0.1) is 0 Å². The van der Waals surface area contributed by atoms with Crippen molar-refractivity contribution in [2.75, 3.05) is 5.75 Å². The molecule has 0 N–H and O–H groups in total. The smallest absolute Gasteiger partial charge is 0.00978 e. The lowest BCUT2D eigenvalue weighted by atomic mass is 10.0. The van der Waals surface area contributed by atoms with Gasteiger partial charge in [-0.2, -0.15) is 12.6 Å². The van der Waals surface area contributed by atoms with Gasteiger partial charge in [-0.05, 0) is 62.8 Å². The fraction of sp³-hybridized carbons (Fsp3) is 0.444. The summed E-state index contributed by atoms with van der Waals surface area (Å²) in [5.41, 5.74) is 4.19. The second-order valence-electron chi connectivity index (χ2n) is 5.00. The van der Waals surface area contributed by atoms with E-state index in [0.29, 0.717) is 0 Å². The summed E-state index contributed by atoms with van der Waals surface area (Å²) in [5, 5.41) is 0. The minimum Gasteiger partial charge on any atom is -0.179 e. The molecule has 104 valence electrons. The molecule has 0 bridgehead atoms. The van der Waals surface area contributed by atoms with Gasteiger partial charge in [0.1, 0.15) is 0 Å².